The van der Waals surface area contributed by atoms with Crippen LogP contribution in [0.1, 0.15) is 45.1 Å². The van der Waals surface area contributed by atoms with E-state index in [1.807, 2.05) is 0 Å². The lowest BCUT2D eigenvalue weighted by molar-refractivity contribution is -0.137. The molecule has 4 bridgehead atoms. The first-order valence-electron chi connectivity index (χ1n) is 8.93. The van der Waals surface area contributed by atoms with Gasteiger partial charge in [0.05, 0.1) is 5.56 Å². The Bertz CT molecular complexity index is 579. The van der Waals surface area contributed by atoms with E-state index in [1.165, 1.54) is 18.9 Å². The fourth-order valence-corrected chi connectivity index (χ4v) is 5.11. The van der Waals surface area contributed by atoms with Crippen molar-refractivity contribution in [3.63, 3.8) is 0 Å². The van der Waals surface area contributed by atoms with Gasteiger partial charge in [0, 0.05) is 36.9 Å². The number of piperazine rings is 1. The van der Waals surface area contributed by atoms with E-state index in [2.05, 4.69) is 28.6 Å². The van der Waals surface area contributed by atoms with E-state index in [1.54, 1.807) is 6.07 Å². The zero-order chi connectivity index (χ0) is 17.1. The largest absolute Gasteiger partial charge is 0.417 e. The third-order valence-electron chi connectivity index (χ3n) is 5.89. The number of rotatable bonds is 3. The molecule has 0 aromatic carbocycles. The summed E-state index contributed by atoms with van der Waals surface area (Å²) in [7, 11) is 0. The average molecular weight is 339 g/mol. The van der Waals surface area contributed by atoms with Crippen LogP contribution in [0.4, 0.5) is 19.0 Å². The Morgan fingerprint density at radius 3 is 2.08 bits per heavy atom. The van der Waals surface area contributed by atoms with Gasteiger partial charge in [-0.05, 0) is 43.7 Å². The van der Waals surface area contributed by atoms with Gasteiger partial charge >= 0.3 is 6.18 Å². The number of aromatic nitrogens is 1. The molecule has 132 valence electrons. The lowest BCUT2D eigenvalue weighted by atomic mass is 10.0. The summed E-state index contributed by atoms with van der Waals surface area (Å²) in [5.41, 5.74) is -0.667. The van der Waals surface area contributed by atoms with E-state index in [9.17, 15) is 13.2 Å². The molecular formula is C18H24F3N3. The third kappa shape index (κ3) is 2.50. The molecular weight excluding hydrogens is 315 g/mol. The molecule has 3 nitrogen and oxygen atoms in total. The van der Waals surface area contributed by atoms with Gasteiger partial charge in [0.15, 0.2) is 0 Å². The van der Waals surface area contributed by atoms with Gasteiger partial charge in [-0.1, -0.05) is 13.8 Å². The highest BCUT2D eigenvalue weighted by Gasteiger charge is 2.55. The third-order valence-corrected chi connectivity index (χ3v) is 5.89. The van der Waals surface area contributed by atoms with Crippen molar-refractivity contribution in [1.29, 1.82) is 0 Å². The molecule has 1 aromatic heterocycles. The highest BCUT2D eigenvalue weighted by atomic mass is 19.4. The Morgan fingerprint density at radius 2 is 1.62 bits per heavy atom. The number of anilines is 1. The molecule has 0 aliphatic carbocycles. The molecule has 4 heterocycles. The van der Waals surface area contributed by atoms with Crippen molar-refractivity contribution in [2.24, 2.45) is 5.92 Å². The topological polar surface area (TPSA) is 19.4 Å². The molecule has 24 heavy (non-hydrogen) atoms. The SMILES string of the molecule is CC(C)CN1C2CCC1C1CCC2N1c1ccc(C(F)(F)F)cn1. The van der Waals surface area contributed by atoms with Gasteiger partial charge in [0.1, 0.15) is 5.82 Å². The number of hydrogen-bond acceptors (Lipinski definition) is 3. The molecule has 4 atom stereocenters. The second-order valence-electron chi connectivity index (χ2n) is 7.82. The predicted octanol–water partition coefficient (Wildman–Crippen LogP) is 3.94. The summed E-state index contributed by atoms with van der Waals surface area (Å²) >= 11 is 0. The quantitative estimate of drug-likeness (QED) is 0.831. The van der Waals surface area contributed by atoms with Gasteiger partial charge in [-0.25, -0.2) is 4.98 Å². The smallest absolute Gasteiger partial charge is 0.348 e. The van der Waals surface area contributed by atoms with Crippen LogP contribution in [-0.2, 0) is 6.18 Å². The minimum Gasteiger partial charge on any atom is -0.348 e. The highest BCUT2D eigenvalue weighted by Crippen LogP contribution is 2.47. The summed E-state index contributed by atoms with van der Waals surface area (Å²) in [4.78, 5) is 9.19. The summed E-state index contributed by atoms with van der Waals surface area (Å²) in [6.45, 7) is 5.63. The maximum Gasteiger partial charge on any atom is 0.417 e. The van der Waals surface area contributed by atoms with Crippen LogP contribution in [-0.4, -0.2) is 40.6 Å². The van der Waals surface area contributed by atoms with Gasteiger partial charge in [-0.15, -0.1) is 0 Å². The standard InChI is InChI=1S/C18H24F3N3/c1-11(2)10-23-13-4-5-14(23)16-7-6-15(13)24(16)17-8-3-12(9-22-17)18(19,20)21/h3,8-9,11,13-16H,4-7,10H2,1-2H3. The molecule has 0 radical (unpaired) electrons. The van der Waals surface area contributed by atoms with Crippen LogP contribution in [0.5, 0.6) is 0 Å². The van der Waals surface area contributed by atoms with Crippen LogP contribution in [0.25, 0.3) is 0 Å². The fraction of sp³-hybridized carbons (Fsp3) is 0.722. The van der Waals surface area contributed by atoms with E-state index in [0.717, 1.165) is 31.4 Å². The van der Waals surface area contributed by atoms with Gasteiger partial charge < -0.3 is 4.90 Å². The fourth-order valence-electron chi connectivity index (χ4n) is 5.11. The van der Waals surface area contributed by atoms with E-state index in [-0.39, 0.29) is 0 Å². The van der Waals surface area contributed by atoms with Crippen molar-refractivity contribution in [3.05, 3.63) is 23.9 Å². The van der Waals surface area contributed by atoms with Crippen molar-refractivity contribution >= 4 is 5.82 Å². The first-order chi connectivity index (χ1) is 11.4. The second kappa shape index (κ2) is 5.61. The number of alkyl halides is 3. The van der Waals surface area contributed by atoms with Crippen LogP contribution >= 0.6 is 0 Å². The molecule has 4 unspecified atom stereocenters. The molecule has 1 aromatic rings. The number of halogens is 3. The van der Waals surface area contributed by atoms with Gasteiger partial charge in [0.25, 0.3) is 0 Å². The Labute approximate surface area is 140 Å². The summed E-state index contributed by atoms with van der Waals surface area (Å²) in [5, 5.41) is 0. The molecule has 3 aliphatic heterocycles. The second-order valence-corrected chi connectivity index (χ2v) is 7.82. The summed E-state index contributed by atoms with van der Waals surface area (Å²) in [5.74, 6) is 1.36. The number of hydrogen-bond donors (Lipinski definition) is 0. The summed E-state index contributed by atoms with van der Waals surface area (Å²) < 4.78 is 38.3. The van der Waals surface area contributed by atoms with Crippen LogP contribution in [0.15, 0.2) is 18.3 Å². The Kier molecular flexibility index (Phi) is 3.79. The molecule has 4 rings (SSSR count). The summed E-state index contributed by atoms with van der Waals surface area (Å²) in [6, 6.07) is 4.59. The zero-order valence-corrected chi connectivity index (χ0v) is 14.1. The van der Waals surface area contributed by atoms with E-state index < -0.39 is 11.7 Å². The lowest BCUT2D eigenvalue weighted by Gasteiger charge is -2.48. The minimum atomic E-state index is -4.32. The van der Waals surface area contributed by atoms with Crippen LogP contribution in [0.2, 0.25) is 0 Å². The van der Waals surface area contributed by atoms with E-state index in [0.29, 0.717) is 30.1 Å². The Morgan fingerprint density at radius 1 is 1.04 bits per heavy atom. The molecule has 6 heteroatoms. The average Bonchev–Trinajstić information content (AvgIpc) is 3.00. The van der Waals surface area contributed by atoms with Crippen LogP contribution in [0.3, 0.4) is 0 Å². The Hall–Kier alpha value is -1.30. The molecule has 3 saturated heterocycles. The number of fused-ring (bicyclic) bond motifs is 6. The first kappa shape index (κ1) is 16.2. The lowest BCUT2D eigenvalue weighted by Crippen LogP contribution is -2.61. The predicted molar refractivity (Wildman–Crippen MR) is 86.9 cm³/mol. The number of pyridine rings is 1. The Balaban J connectivity index is 1.60. The van der Waals surface area contributed by atoms with Crippen molar-refractivity contribution in [2.75, 3.05) is 11.4 Å². The van der Waals surface area contributed by atoms with Gasteiger partial charge in [-0.3, -0.25) is 4.90 Å². The van der Waals surface area contributed by atoms with E-state index in [4.69, 9.17) is 0 Å². The van der Waals surface area contributed by atoms with E-state index >= 15 is 0 Å². The van der Waals surface area contributed by atoms with Crippen LogP contribution in [0, 0.1) is 5.92 Å². The molecule has 0 spiro atoms. The molecule has 0 N–H and O–H groups in total. The molecule has 3 aliphatic rings. The molecule has 0 amide bonds. The maximum absolute atomic E-state index is 12.8. The van der Waals surface area contributed by atoms with Gasteiger partial charge in [-0.2, -0.15) is 13.2 Å². The maximum atomic E-state index is 12.8. The van der Waals surface area contributed by atoms with Crippen molar-refractivity contribution in [1.82, 2.24) is 9.88 Å². The summed E-state index contributed by atoms with van der Waals surface area (Å²) in [6.07, 6.45) is 1.33. The molecule has 3 fully saturated rings. The zero-order valence-electron chi connectivity index (χ0n) is 14.1. The number of nitrogens with zero attached hydrogens (tertiary/aromatic N) is 3. The van der Waals surface area contributed by atoms with Crippen molar-refractivity contribution in [3.8, 4) is 0 Å². The normalized spacial score (nSPS) is 32.8. The highest BCUT2D eigenvalue weighted by molar-refractivity contribution is 5.47. The van der Waals surface area contributed by atoms with Crippen LogP contribution < -0.4 is 4.90 Å². The first-order valence-corrected chi connectivity index (χ1v) is 8.93. The monoisotopic (exact) mass is 339 g/mol. The van der Waals surface area contributed by atoms with Crippen molar-refractivity contribution < 1.29 is 13.2 Å². The van der Waals surface area contributed by atoms with Crippen molar-refractivity contribution in [2.45, 2.75) is 69.9 Å². The minimum absolute atomic E-state index is 0.400. The van der Waals surface area contributed by atoms with Gasteiger partial charge in [0.2, 0.25) is 0 Å². The molecule has 0 saturated carbocycles.